The predicted molar refractivity (Wildman–Crippen MR) is 81.1 cm³/mol. The third kappa shape index (κ3) is 2.58. The summed E-state index contributed by atoms with van der Waals surface area (Å²) in [6.07, 6.45) is 2.43. The number of rotatable bonds is 3. The zero-order valence-corrected chi connectivity index (χ0v) is 12.8. The average Bonchev–Trinajstić information content (AvgIpc) is 3.26. The van der Waals surface area contributed by atoms with E-state index in [1.54, 1.807) is 7.11 Å². The van der Waals surface area contributed by atoms with E-state index in [9.17, 15) is 0 Å². The molecule has 0 amide bonds. The average molecular weight is 337 g/mol. The summed E-state index contributed by atoms with van der Waals surface area (Å²) in [5, 5.41) is 0. The van der Waals surface area contributed by atoms with Crippen LogP contribution in [0.3, 0.4) is 0 Å². The molecule has 1 aliphatic rings. The first-order valence-electron chi connectivity index (χ1n) is 6.13. The van der Waals surface area contributed by atoms with Gasteiger partial charge in [0.15, 0.2) is 0 Å². The van der Waals surface area contributed by atoms with Crippen molar-refractivity contribution in [2.75, 3.05) is 7.11 Å². The highest BCUT2D eigenvalue weighted by Gasteiger charge is 2.27. The van der Waals surface area contributed by atoms with Crippen molar-refractivity contribution in [3.05, 3.63) is 39.1 Å². The van der Waals surface area contributed by atoms with Gasteiger partial charge < -0.3 is 9.72 Å². The standard InChI is InChI=1S/C14H13BrN2OS/c1-18-10-4-2-3-9(7-10)13-16-12(8-5-6-8)11(15)14(19)17-13/h2-4,7-8H,5-6H2,1H3,(H,16,17,19). The largest absolute Gasteiger partial charge is 0.497 e. The Hall–Kier alpha value is -1.20. The van der Waals surface area contributed by atoms with E-state index < -0.39 is 0 Å². The predicted octanol–water partition coefficient (Wildman–Crippen LogP) is 4.45. The van der Waals surface area contributed by atoms with Gasteiger partial charge in [-0.2, -0.15) is 0 Å². The summed E-state index contributed by atoms with van der Waals surface area (Å²) in [6.45, 7) is 0. The van der Waals surface area contributed by atoms with Crippen molar-refractivity contribution in [2.24, 2.45) is 0 Å². The fourth-order valence-electron chi connectivity index (χ4n) is 2.04. The number of nitrogens with one attached hydrogen (secondary N) is 1. The number of aromatic amines is 1. The van der Waals surface area contributed by atoms with E-state index in [1.165, 1.54) is 12.8 Å². The van der Waals surface area contributed by atoms with E-state index in [0.29, 0.717) is 10.6 Å². The van der Waals surface area contributed by atoms with Crippen molar-refractivity contribution in [2.45, 2.75) is 18.8 Å². The molecule has 1 aliphatic carbocycles. The van der Waals surface area contributed by atoms with Gasteiger partial charge in [-0.1, -0.05) is 24.4 Å². The quantitative estimate of drug-likeness (QED) is 0.841. The van der Waals surface area contributed by atoms with Gasteiger partial charge in [-0.05, 0) is 40.9 Å². The minimum absolute atomic E-state index is 0.587. The number of methoxy groups -OCH3 is 1. The second-order valence-corrected chi connectivity index (χ2v) is 5.80. The van der Waals surface area contributed by atoms with Crippen LogP contribution >= 0.6 is 28.1 Å². The van der Waals surface area contributed by atoms with Gasteiger partial charge in [0.2, 0.25) is 0 Å². The van der Waals surface area contributed by atoms with Gasteiger partial charge in [0.25, 0.3) is 0 Å². The first-order valence-corrected chi connectivity index (χ1v) is 7.33. The molecule has 3 nitrogen and oxygen atoms in total. The zero-order chi connectivity index (χ0) is 13.4. The topological polar surface area (TPSA) is 37.9 Å². The van der Waals surface area contributed by atoms with Crippen LogP contribution in [0.2, 0.25) is 0 Å². The molecule has 3 rings (SSSR count). The molecule has 0 spiro atoms. The third-order valence-electron chi connectivity index (χ3n) is 3.22. The van der Waals surface area contributed by atoms with E-state index in [1.807, 2.05) is 24.3 Å². The Bertz CT molecular complexity index is 679. The molecule has 1 saturated carbocycles. The molecule has 98 valence electrons. The number of halogens is 1. The Morgan fingerprint density at radius 2 is 2.21 bits per heavy atom. The molecule has 1 heterocycles. The molecule has 1 aromatic carbocycles. The normalized spacial score (nSPS) is 14.4. The maximum absolute atomic E-state index is 5.33. The molecule has 0 radical (unpaired) electrons. The number of hydrogen-bond acceptors (Lipinski definition) is 3. The fraction of sp³-hybridized carbons (Fsp3) is 0.286. The lowest BCUT2D eigenvalue weighted by atomic mass is 10.2. The monoisotopic (exact) mass is 336 g/mol. The zero-order valence-electron chi connectivity index (χ0n) is 10.4. The summed E-state index contributed by atoms with van der Waals surface area (Å²) in [5.74, 6) is 2.20. The Balaban J connectivity index is 2.11. The summed E-state index contributed by atoms with van der Waals surface area (Å²) in [5.41, 5.74) is 2.15. The molecule has 2 aromatic rings. The summed E-state index contributed by atoms with van der Waals surface area (Å²) in [4.78, 5) is 7.85. The van der Waals surface area contributed by atoms with Crippen molar-refractivity contribution >= 4 is 28.1 Å². The van der Waals surface area contributed by atoms with E-state index in [0.717, 1.165) is 27.3 Å². The Morgan fingerprint density at radius 1 is 1.42 bits per heavy atom. The molecule has 0 aliphatic heterocycles. The maximum Gasteiger partial charge on any atom is 0.144 e. The molecule has 1 aromatic heterocycles. The molecule has 0 saturated heterocycles. The Morgan fingerprint density at radius 3 is 2.89 bits per heavy atom. The van der Waals surface area contributed by atoms with Crippen LogP contribution in [-0.2, 0) is 0 Å². The van der Waals surface area contributed by atoms with Crippen molar-refractivity contribution in [1.29, 1.82) is 0 Å². The highest BCUT2D eigenvalue weighted by atomic mass is 79.9. The molecule has 0 bridgehead atoms. The number of benzene rings is 1. The van der Waals surface area contributed by atoms with Crippen LogP contribution in [-0.4, -0.2) is 17.1 Å². The first-order chi connectivity index (χ1) is 9.19. The summed E-state index contributed by atoms with van der Waals surface area (Å²) < 4.78 is 6.78. The lowest BCUT2D eigenvalue weighted by molar-refractivity contribution is 0.415. The van der Waals surface area contributed by atoms with E-state index in [4.69, 9.17) is 17.0 Å². The lowest BCUT2D eigenvalue weighted by Crippen LogP contribution is -1.97. The molecular formula is C14H13BrN2OS. The van der Waals surface area contributed by atoms with Crippen LogP contribution in [0.1, 0.15) is 24.5 Å². The van der Waals surface area contributed by atoms with Gasteiger partial charge >= 0.3 is 0 Å². The Kier molecular flexibility index (Phi) is 3.41. The van der Waals surface area contributed by atoms with Crippen LogP contribution in [0.5, 0.6) is 5.75 Å². The van der Waals surface area contributed by atoms with Crippen LogP contribution in [0.4, 0.5) is 0 Å². The van der Waals surface area contributed by atoms with Crippen LogP contribution < -0.4 is 4.74 Å². The molecule has 1 N–H and O–H groups in total. The molecule has 5 heteroatoms. The summed E-state index contributed by atoms with van der Waals surface area (Å²) in [7, 11) is 1.66. The fourth-order valence-corrected chi connectivity index (χ4v) is 2.75. The number of nitrogens with zero attached hydrogens (tertiary/aromatic N) is 1. The molecule has 0 unspecified atom stereocenters. The van der Waals surface area contributed by atoms with E-state index >= 15 is 0 Å². The summed E-state index contributed by atoms with van der Waals surface area (Å²) in [6, 6.07) is 7.82. The van der Waals surface area contributed by atoms with Gasteiger partial charge in [0.05, 0.1) is 11.6 Å². The third-order valence-corrected chi connectivity index (χ3v) is 4.58. The smallest absolute Gasteiger partial charge is 0.144 e. The first kappa shape index (κ1) is 12.8. The van der Waals surface area contributed by atoms with Gasteiger partial charge in [0, 0.05) is 17.2 Å². The van der Waals surface area contributed by atoms with Gasteiger partial charge in [-0.25, -0.2) is 4.98 Å². The van der Waals surface area contributed by atoms with Crippen LogP contribution in [0.15, 0.2) is 28.7 Å². The number of aromatic nitrogens is 2. The second kappa shape index (κ2) is 5.06. The lowest BCUT2D eigenvalue weighted by Gasteiger charge is -2.08. The van der Waals surface area contributed by atoms with Crippen molar-refractivity contribution in [1.82, 2.24) is 9.97 Å². The molecule has 1 fully saturated rings. The summed E-state index contributed by atoms with van der Waals surface area (Å²) >= 11 is 8.86. The van der Waals surface area contributed by atoms with Crippen LogP contribution in [0.25, 0.3) is 11.4 Å². The van der Waals surface area contributed by atoms with Gasteiger partial charge in [-0.15, -0.1) is 0 Å². The van der Waals surface area contributed by atoms with E-state index in [-0.39, 0.29) is 0 Å². The van der Waals surface area contributed by atoms with Crippen molar-refractivity contribution in [3.63, 3.8) is 0 Å². The van der Waals surface area contributed by atoms with Crippen molar-refractivity contribution < 1.29 is 4.74 Å². The molecule has 19 heavy (non-hydrogen) atoms. The number of H-pyrrole nitrogens is 1. The second-order valence-electron chi connectivity index (χ2n) is 4.62. The van der Waals surface area contributed by atoms with Gasteiger partial charge in [-0.3, -0.25) is 0 Å². The minimum Gasteiger partial charge on any atom is -0.497 e. The van der Waals surface area contributed by atoms with Crippen molar-refractivity contribution in [3.8, 4) is 17.1 Å². The molecule has 0 atom stereocenters. The number of hydrogen-bond donors (Lipinski definition) is 1. The SMILES string of the molecule is COc1cccc(-c2nc(=S)c(Br)c(C3CC3)[nH]2)c1. The number of ether oxygens (including phenoxy) is 1. The Labute approximate surface area is 125 Å². The maximum atomic E-state index is 5.33. The highest BCUT2D eigenvalue weighted by Crippen LogP contribution is 2.42. The minimum atomic E-state index is 0.587. The highest BCUT2D eigenvalue weighted by molar-refractivity contribution is 9.10. The van der Waals surface area contributed by atoms with Crippen LogP contribution in [0, 0.1) is 4.64 Å². The van der Waals surface area contributed by atoms with Gasteiger partial charge in [0.1, 0.15) is 16.2 Å². The molecular weight excluding hydrogens is 324 g/mol. The van der Waals surface area contributed by atoms with E-state index in [2.05, 4.69) is 25.9 Å².